The van der Waals surface area contributed by atoms with E-state index in [4.69, 9.17) is 11.6 Å². The second-order valence-corrected chi connectivity index (χ2v) is 5.44. The van der Waals surface area contributed by atoms with Crippen LogP contribution in [0.3, 0.4) is 0 Å². The van der Waals surface area contributed by atoms with Crippen molar-refractivity contribution in [1.29, 1.82) is 0 Å². The summed E-state index contributed by atoms with van der Waals surface area (Å²) in [5.74, 6) is -0.519. The summed E-state index contributed by atoms with van der Waals surface area (Å²) < 4.78 is 13.0. The molecule has 0 atom stereocenters. The van der Waals surface area contributed by atoms with E-state index in [0.717, 1.165) is 5.56 Å². The van der Waals surface area contributed by atoms with Crippen molar-refractivity contribution >= 4 is 23.2 Å². The molecule has 2 rings (SSSR count). The number of amides is 1. The summed E-state index contributed by atoms with van der Waals surface area (Å²) in [6.07, 6.45) is 0. The van der Waals surface area contributed by atoms with Gasteiger partial charge in [0.1, 0.15) is 17.4 Å². The maximum absolute atomic E-state index is 13.0. The number of phenolic OH excluding ortho intramolecular Hbond substituents is 1. The molecule has 5 heteroatoms. The Morgan fingerprint density at radius 1 is 1.18 bits per heavy atom. The molecule has 0 fully saturated rings. The number of aromatic hydroxyl groups is 1. The monoisotopic (exact) mass is 321 g/mol. The lowest BCUT2D eigenvalue weighted by molar-refractivity contribution is -0.116. The zero-order valence-electron chi connectivity index (χ0n) is 12.4. The standard InChI is InChI=1S/C17H17ClFNO2/c1-11-7-15(8-12(2)17(11)22)20(16(21)9-18)10-13-3-5-14(19)6-4-13/h3-8,22H,9-10H2,1-2H3. The second kappa shape index (κ2) is 6.79. The lowest BCUT2D eigenvalue weighted by atomic mass is 10.1. The van der Waals surface area contributed by atoms with Crippen LogP contribution in [0.25, 0.3) is 0 Å². The van der Waals surface area contributed by atoms with Crippen LogP contribution in [0.1, 0.15) is 16.7 Å². The first-order chi connectivity index (χ1) is 10.4. The van der Waals surface area contributed by atoms with Gasteiger partial charge in [-0.1, -0.05) is 12.1 Å². The molecule has 0 aliphatic carbocycles. The maximum atomic E-state index is 13.0. The van der Waals surface area contributed by atoms with Gasteiger partial charge in [-0.15, -0.1) is 11.6 Å². The van der Waals surface area contributed by atoms with Crippen LogP contribution in [0.2, 0.25) is 0 Å². The average molecular weight is 322 g/mol. The normalized spacial score (nSPS) is 10.5. The van der Waals surface area contributed by atoms with Crippen molar-refractivity contribution in [2.45, 2.75) is 20.4 Å². The van der Waals surface area contributed by atoms with Crippen molar-refractivity contribution in [3.05, 3.63) is 58.9 Å². The van der Waals surface area contributed by atoms with Gasteiger partial charge in [0.2, 0.25) is 5.91 Å². The van der Waals surface area contributed by atoms with Crippen LogP contribution in [-0.4, -0.2) is 16.9 Å². The number of alkyl halides is 1. The molecule has 1 N–H and O–H groups in total. The Bertz CT molecular complexity index is 663. The third-order valence-corrected chi connectivity index (χ3v) is 3.69. The Morgan fingerprint density at radius 2 is 1.73 bits per heavy atom. The molecule has 3 nitrogen and oxygen atoms in total. The molecular weight excluding hydrogens is 305 g/mol. The molecular formula is C17H17ClFNO2. The number of carbonyl (C=O) groups excluding carboxylic acids is 1. The smallest absolute Gasteiger partial charge is 0.242 e. The van der Waals surface area contributed by atoms with Crippen LogP contribution in [0.5, 0.6) is 5.75 Å². The van der Waals surface area contributed by atoms with Crippen molar-refractivity contribution in [3.8, 4) is 5.75 Å². The van der Waals surface area contributed by atoms with Gasteiger partial charge in [-0.3, -0.25) is 4.79 Å². The SMILES string of the molecule is Cc1cc(N(Cc2ccc(F)cc2)C(=O)CCl)cc(C)c1O. The van der Waals surface area contributed by atoms with Crippen LogP contribution >= 0.6 is 11.6 Å². The van der Waals surface area contributed by atoms with Crippen LogP contribution in [0.4, 0.5) is 10.1 Å². The van der Waals surface area contributed by atoms with Crippen molar-refractivity contribution in [3.63, 3.8) is 0 Å². The van der Waals surface area contributed by atoms with E-state index in [9.17, 15) is 14.3 Å². The zero-order valence-corrected chi connectivity index (χ0v) is 13.2. The molecule has 0 unspecified atom stereocenters. The number of anilines is 1. The Kier molecular flexibility index (Phi) is 5.03. The van der Waals surface area contributed by atoms with E-state index < -0.39 is 0 Å². The topological polar surface area (TPSA) is 40.5 Å². The van der Waals surface area contributed by atoms with Gasteiger partial charge < -0.3 is 10.0 Å². The number of phenols is 1. The summed E-state index contributed by atoms with van der Waals surface area (Å²) >= 11 is 5.70. The number of rotatable bonds is 4. The van der Waals surface area contributed by atoms with Crippen LogP contribution in [-0.2, 0) is 11.3 Å². The van der Waals surface area contributed by atoms with Gasteiger partial charge in [0.15, 0.2) is 0 Å². The van der Waals surface area contributed by atoms with E-state index in [0.29, 0.717) is 16.8 Å². The average Bonchev–Trinajstić information content (AvgIpc) is 2.51. The first-order valence-corrected chi connectivity index (χ1v) is 7.37. The lowest BCUT2D eigenvalue weighted by Gasteiger charge is -2.23. The highest BCUT2D eigenvalue weighted by Crippen LogP contribution is 2.29. The minimum atomic E-state index is -0.324. The summed E-state index contributed by atoms with van der Waals surface area (Å²) in [7, 11) is 0. The molecule has 116 valence electrons. The molecule has 0 heterocycles. The van der Waals surface area contributed by atoms with Crippen LogP contribution in [0.15, 0.2) is 36.4 Å². The van der Waals surface area contributed by atoms with Gasteiger partial charge in [-0.05, 0) is 54.8 Å². The highest BCUT2D eigenvalue weighted by Gasteiger charge is 2.17. The maximum Gasteiger partial charge on any atom is 0.242 e. The fourth-order valence-electron chi connectivity index (χ4n) is 2.26. The molecule has 0 aromatic heterocycles. The Balaban J connectivity index is 2.38. The lowest BCUT2D eigenvalue weighted by Crippen LogP contribution is -2.31. The first-order valence-electron chi connectivity index (χ1n) is 6.83. The summed E-state index contributed by atoms with van der Waals surface area (Å²) in [5.41, 5.74) is 2.81. The Labute approximate surface area is 133 Å². The van der Waals surface area contributed by atoms with Gasteiger partial charge in [0.25, 0.3) is 0 Å². The molecule has 0 saturated carbocycles. The number of carbonyl (C=O) groups is 1. The molecule has 0 bridgehead atoms. The van der Waals surface area contributed by atoms with E-state index in [1.54, 1.807) is 38.1 Å². The number of benzene rings is 2. The molecule has 0 aliphatic heterocycles. The highest BCUT2D eigenvalue weighted by molar-refractivity contribution is 6.29. The fourth-order valence-corrected chi connectivity index (χ4v) is 2.40. The molecule has 2 aromatic rings. The van der Waals surface area contributed by atoms with Crippen molar-refractivity contribution in [1.82, 2.24) is 0 Å². The van der Waals surface area contributed by atoms with Gasteiger partial charge in [-0.2, -0.15) is 0 Å². The van der Waals surface area contributed by atoms with E-state index in [2.05, 4.69) is 0 Å². The molecule has 0 saturated heterocycles. The molecule has 0 aliphatic rings. The number of hydrogen-bond acceptors (Lipinski definition) is 2. The van der Waals surface area contributed by atoms with Gasteiger partial charge in [-0.25, -0.2) is 4.39 Å². The number of hydrogen-bond donors (Lipinski definition) is 1. The minimum absolute atomic E-state index is 0.153. The molecule has 0 radical (unpaired) electrons. The first kappa shape index (κ1) is 16.3. The summed E-state index contributed by atoms with van der Waals surface area (Å²) in [6.45, 7) is 3.83. The molecule has 22 heavy (non-hydrogen) atoms. The van der Waals surface area contributed by atoms with Crippen molar-refractivity contribution in [2.24, 2.45) is 0 Å². The van der Waals surface area contributed by atoms with Crippen molar-refractivity contribution in [2.75, 3.05) is 10.8 Å². The summed E-state index contributed by atoms with van der Waals surface area (Å²) in [5, 5.41) is 9.86. The summed E-state index contributed by atoms with van der Waals surface area (Å²) in [4.78, 5) is 13.7. The second-order valence-electron chi connectivity index (χ2n) is 5.17. The Hall–Kier alpha value is -2.07. The van der Waals surface area contributed by atoms with Gasteiger partial charge in [0.05, 0.1) is 6.54 Å². The number of aryl methyl sites for hydroxylation is 2. The largest absolute Gasteiger partial charge is 0.507 e. The summed E-state index contributed by atoms with van der Waals surface area (Å²) in [6, 6.07) is 9.43. The predicted molar refractivity (Wildman–Crippen MR) is 85.9 cm³/mol. The van der Waals surface area contributed by atoms with E-state index in [1.165, 1.54) is 17.0 Å². The molecule has 2 aromatic carbocycles. The fraction of sp³-hybridized carbons (Fsp3) is 0.235. The number of halogens is 2. The van der Waals surface area contributed by atoms with E-state index in [-0.39, 0.29) is 29.9 Å². The van der Waals surface area contributed by atoms with E-state index >= 15 is 0 Å². The van der Waals surface area contributed by atoms with Crippen LogP contribution in [0, 0.1) is 19.7 Å². The number of nitrogens with zero attached hydrogens (tertiary/aromatic N) is 1. The molecule has 0 spiro atoms. The Morgan fingerprint density at radius 3 is 2.23 bits per heavy atom. The van der Waals surface area contributed by atoms with E-state index in [1.807, 2.05) is 0 Å². The zero-order chi connectivity index (χ0) is 16.3. The quantitative estimate of drug-likeness (QED) is 0.867. The molecule has 1 amide bonds. The van der Waals surface area contributed by atoms with Gasteiger partial charge >= 0.3 is 0 Å². The van der Waals surface area contributed by atoms with Crippen molar-refractivity contribution < 1.29 is 14.3 Å². The van der Waals surface area contributed by atoms with Crippen LogP contribution < -0.4 is 4.90 Å². The minimum Gasteiger partial charge on any atom is -0.507 e. The van der Waals surface area contributed by atoms with Gasteiger partial charge in [0, 0.05) is 5.69 Å². The highest BCUT2D eigenvalue weighted by atomic mass is 35.5. The predicted octanol–water partition coefficient (Wildman–Crippen LogP) is 3.92. The third-order valence-electron chi connectivity index (χ3n) is 3.46. The third kappa shape index (κ3) is 3.57.